The highest BCUT2D eigenvalue weighted by Crippen LogP contribution is 2.43. The predicted molar refractivity (Wildman–Crippen MR) is 150 cm³/mol. The molecule has 9 nitrogen and oxygen atoms in total. The summed E-state index contributed by atoms with van der Waals surface area (Å²) in [6.45, 7) is 5.80. The fourth-order valence-corrected chi connectivity index (χ4v) is 5.28. The van der Waals surface area contributed by atoms with Crippen LogP contribution in [0.25, 0.3) is 11.3 Å². The van der Waals surface area contributed by atoms with E-state index in [0.29, 0.717) is 42.9 Å². The Morgan fingerprint density at radius 2 is 1.79 bits per heavy atom. The van der Waals surface area contributed by atoms with Crippen LogP contribution in [0.15, 0.2) is 65.5 Å². The first-order valence-electron chi connectivity index (χ1n) is 12.9. The van der Waals surface area contributed by atoms with Crippen LogP contribution >= 0.6 is 11.6 Å². The number of nitrogens with zero attached hydrogens (tertiary/aromatic N) is 2. The zero-order chi connectivity index (χ0) is 28.2. The Morgan fingerprint density at radius 3 is 2.41 bits per heavy atom. The number of alkyl carbamates (subject to hydrolysis) is 1. The number of halogens is 1. The van der Waals surface area contributed by atoms with Crippen molar-refractivity contribution >= 4 is 23.6 Å². The predicted octanol–water partition coefficient (Wildman–Crippen LogP) is 4.75. The molecule has 1 heterocycles. The minimum absolute atomic E-state index is 0.0652. The molecule has 0 aliphatic heterocycles. The lowest BCUT2D eigenvalue weighted by Crippen LogP contribution is -2.46. The molecule has 2 amide bonds. The Kier molecular flexibility index (Phi) is 8.42. The van der Waals surface area contributed by atoms with E-state index in [4.69, 9.17) is 22.2 Å². The van der Waals surface area contributed by atoms with Gasteiger partial charge in [-0.25, -0.2) is 15.3 Å². The lowest BCUT2D eigenvalue weighted by molar-refractivity contribution is 0.0504. The number of carbonyl (C=O) groups is 2. The van der Waals surface area contributed by atoms with E-state index in [9.17, 15) is 14.4 Å². The largest absolute Gasteiger partial charge is 0.444 e. The van der Waals surface area contributed by atoms with Gasteiger partial charge in [-0.05, 0) is 70.2 Å². The number of amides is 2. The van der Waals surface area contributed by atoms with Gasteiger partial charge in [-0.3, -0.25) is 15.0 Å². The number of benzene rings is 2. The standard InChI is InChI=1S/C29H34ClN5O4/c1-28(2,3)39-27(38)32-18-29(20-10-7-11-21(30)16-20)14-12-22(13-15-29)35-26(37)23(25(36)33-31)17-24(34-35)19-8-5-4-6-9-19/h4-11,16-17,22H,12-15,18,31H2,1-3H3,(H,32,38)(H,33,36)/t22-,29+. The number of hydrogen-bond donors (Lipinski definition) is 3. The average Bonchev–Trinajstić information content (AvgIpc) is 2.91. The van der Waals surface area contributed by atoms with E-state index in [1.54, 1.807) is 0 Å². The summed E-state index contributed by atoms with van der Waals surface area (Å²) in [6.07, 6.45) is 2.00. The van der Waals surface area contributed by atoms with Gasteiger partial charge >= 0.3 is 6.09 Å². The summed E-state index contributed by atoms with van der Waals surface area (Å²) in [5.74, 6) is 4.71. The van der Waals surface area contributed by atoms with Crippen molar-refractivity contribution in [1.82, 2.24) is 20.5 Å². The van der Waals surface area contributed by atoms with Crippen molar-refractivity contribution in [2.75, 3.05) is 6.54 Å². The van der Waals surface area contributed by atoms with Gasteiger partial charge in [0, 0.05) is 22.5 Å². The summed E-state index contributed by atoms with van der Waals surface area (Å²) in [6, 6.07) is 18.2. The van der Waals surface area contributed by atoms with E-state index in [2.05, 4.69) is 15.8 Å². The van der Waals surface area contributed by atoms with E-state index < -0.39 is 28.6 Å². The van der Waals surface area contributed by atoms with Crippen LogP contribution in [-0.2, 0) is 10.2 Å². The minimum atomic E-state index is -0.668. The molecule has 1 saturated carbocycles. The SMILES string of the molecule is CC(C)(C)OC(=O)NC[C@]1(c2cccc(Cl)c2)CC[C@@H](n2nc(-c3ccccc3)cc(C(=O)NN)c2=O)CC1. The minimum Gasteiger partial charge on any atom is -0.444 e. The summed E-state index contributed by atoms with van der Waals surface area (Å²) in [5, 5.41) is 8.21. The maximum absolute atomic E-state index is 13.4. The fourth-order valence-electron chi connectivity index (χ4n) is 5.09. The van der Waals surface area contributed by atoms with Gasteiger partial charge in [-0.2, -0.15) is 5.10 Å². The molecule has 2 aromatic carbocycles. The van der Waals surface area contributed by atoms with Crippen LogP contribution in [0.5, 0.6) is 0 Å². The van der Waals surface area contributed by atoms with Gasteiger partial charge in [0.1, 0.15) is 11.2 Å². The Balaban J connectivity index is 1.65. The van der Waals surface area contributed by atoms with Crippen LogP contribution in [0, 0.1) is 0 Å². The molecule has 1 aromatic heterocycles. The quantitative estimate of drug-likeness (QED) is 0.230. The molecule has 4 N–H and O–H groups in total. The molecule has 0 bridgehead atoms. The Bertz CT molecular complexity index is 1390. The lowest BCUT2D eigenvalue weighted by Gasteiger charge is -2.41. The zero-order valence-electron chi connectivity index (χ0n) is 22.4. The van der Waals surface area contributed by atoms with E-state index in [1.165, 1.54) is 10.7 Å². The Labute approximate surface area is 232 Å². The Morgan fingerprint density at radius 1 is 1.10 bits per heavy atom. The first-order chi connectivity index (χ1) is 18.5. The molecule has 4 rings (SSSR count). The molecule has 1 fully saturated rings. The van der Waals surface area contributed by atoms with Crippen LogP contribution in [0.3, 0.4) is 0 Å². The molecule has 206 valence electrons. The van der Waals surface area contributed by atoms with Crippen molar-refractivity contribution in [2.24, 2.45) is 5.84 Å². The number of hydrogen-bond acceptors (Lipinski definition) is 6. The number of nitrogens with two attached hydrogens (primary N) is 1. The molecular weight excluding hydrogens is 518 g/mol. The molecule has 0 saturated heterocycles. The van der Waals surface area contributed by atoms with Crippen molar-refractivity contribution in [3.63, 3.8) is 0 Å². The maximum Gasteiger partial charge on any atom is 0.407 e. The van der Waals surface area contributed by atoms with Gasteiger partial charge in [0.05, 0.1) is 11.7 Å². The van der Waals surface area contributed by atoms with Crippen molar-refractivity contribution in [2.45, 2.75) is 63.5 Å². The second kappa shape index (κ2) is 11.6. The molecule has 1 aliphatic carbocycles. The summed E-state index contributed by atoms with van der Waals surface area (Å²) < 4.78 is 6.87. The van der Waals surface area contributed by atoms with Crippen molar-refractivity contribution in [3.05, 3.63) is 87.2 Å². The first-order valence-corrected chi connectivity index (χ1v) is 13.3. The van der Waals surface area contributed by atoms with Crippen LogP contribution in [-0.4, -0.2) is 33.9 Å². The highest BCUT2D eigenvalue weighted by Gasteiger charge is 2.39. The topological polar surface area (TPSA) is 128 Å². The molecule has 0 unspecified atom stereocenters. The molecule has 39 heavy (non-hydrogen) atoms. The molecule has 3 aromatic rings. The summed E-state index contributed by atoms with van der Waals surface area (Å²) in [5.41, 5.74) is 2.77. The summed E-state index contributed by atoms with van der Waals surface area (Å²) in [4.78, 5) is 38.4. The number of hydrazine groups is 1. The average molecular weight is 552 g/mol. The van der Waals surface area contributed by atoms with Gasteiger partial charge in [-0.15, -0.1) is 0 Å². The normalized spacial score (nSPS) is 19.3. The summed E-state index contributed by atoms with van der Waals surface area (Å²) in [7, 11) is 0. The second-order valence-corrected chi connectivity index (χ2v) is 11.3. The monoisotopic (exact) mass is 551 g/mol. The highest BCUT2D eigenvalue weighted by molar-refractivity contribution is 6.30. The number of nitrogens with one attached hydrogen (secondary N) is 2. The smallest absolute Gasteiger partial charge is 0.407 e. The van der Waals surface area contributed by atoms with Gasteiger partial charge in [-0.1, -0.05) is 54.1 Å². The molecule has 0 atom stereocenters. The Hall–Kier alpha value is -3.69. The van der Waals surface area contributed by atoms with E-state index in [-0.39, 0.29) is 11.6 Å². The zero-order valence-corrected chi connectivity index (χ0v) is 23.1. The van der Waals surface area contributed by atoms with Crippen LogP contribution in [0.4, 0.5) is 4.79 Å². The van der Waals surface area contributed by atoms with Gasteiger partial charge in [0.25, 0.3) is 11.5 Å². The third kappa shape index (κ3) is 6.66. The van der Waals surface area contributed by atoms with Crippen LogP contribution in [0.2, 0.25) is 5.02 Å². The van der Waals surface area contributed by atoms with Crippen LogP contribution in [0.1, 0.15) is 68.4 Å². The van der Waals surface area contributed by atoms with E-state index in [1.807, 2.05) is 75.4 Å². The number of aromatic nitrogens is 2. The number of rotatable bonds is 6. The number of carbonyl (C=O) groups excluding carboxylic acids is 2. The fraction of sp³-hybridized carbons (Fsp3) is 0.379. The van der Waals surface area contributed by atoms with Gasteiger partial charge in [0.2, 0.25) is 0 Å². The van der Waals surface area contributed by atoms with Crippen molar-refractivity contribution < 1.29 is 14.3 Å². The highest BCUT2D eigenvalue weighted by atomic mass is 35.5. The molecule has 0 radical (unpaired) electrons. The first kappa shape index (κ1) is 28.3. The third-order valence-electron chi connectivity index (χ3n) is 7.05. The van der Waals surface area contributed by atoms with Gasteiger partial charge < -0.3 is 10.1 Å². The van der Waals surface area contributed by atoms with E-state index >= 15 is 0 Å². The molecule has 1 aliphatic rings. The van der Waals surface area contributed by atoms with E-state index in [0.717, 1.165) is 11.1 Å². The molecule has 10 heteroatoms. The third-order valence-corrected chi connectivity index (χ3v) is 7.28. The number of nitrogen functional groups attached to an aromatic ring is 1. The lowest BCUT2D eigenvalue weighted by atomic mass is 9.68. The van der Waals surface area contributed by atoms with Gasteiger partial charge in [0.15, 0.2) is 0 Å². The van der Waals surface area contributed by atoms with Crippen molar-refractivity contribution in [1.29, 1.82) is 0 Å². The van der Waals surface area contributed by atoms with Crippen LogP contribution < -0.4 is 22.1 Å². The maximum atomic E-state index is 13.4. The summed E-state index contributed by atoms with van der Waals surface area (Å²) >= 11 is 6.34. The second-order valence-electron chi connectivity index (χ2n) is 10.9. The molecular formula is C29H34ClN5O4. The van der Waals surface area contributed by atoms with Crippen molar-refractivity contribution in [3.8, 4) is 11.3 Å². The molecule has 0 spiro atoms. The number of ether oxygens (including phenoxy) is 1.